The molecule has 2 saturated carbocycles. The molecule has 0 saturated heterocycles. The van der Waals surface area contributed by atoms with Gasteiger partial charge in [-0.1, -0.05) is 6.07 Å². The fourth-order valence-electron chi connectivity index (χ4n) is 3.70. The predicted octanol–water partition coefficient (Wildman–Crippen LogP) is 2.81. The molecule has 6 heteroatoms. The summed E-state index contributed by atoms with van der Waals surface area (Å²) in [6, 6.07) is 6.46. The van der Waals surface area contributed by atoms with Gasteiger partial charge in [-0.2, -0.15) is 4.98 Å². The van der Waals surface area contributed by atoms with E-state index in [9.17, 15) is 5.11 Å². The zero-order valence-corrected chi connectivity index (χ0v) is 13.4. The highest BCUT2D eigenvalue weighted by Crippen LogP contribution is 2.42. The molecule has 126 valence electrons. The Labute approximate surface area is 140 Å². The fourth-order valence-corrected chi connectivity index (χ4v) is 3.70. The van der Waals surface area contributed by atoms with Crippen molar-refractivity contribution in [2.45, 2.75) is 50.2 Å². The van der Waals surface area contributed by atoms with E-state index in [1.54, 1.807) is 0 Å². The minimum absolute atomic E-state index is 0.0870. The Morgan fingerprint density at radius 2 is 2.12 bits per heavy atom. The molecule has 1 unspecified atom stereocenters. The van der Waals surface area contributed by atoms with E-state index >= 15 is 0 Å². The molecule has 2 heterocycles. The van der Waals surface area contributed by atoms with Crippen molar-refractivity contribution >= 4 is 5.95 Å². The summed E-state index contributed by atoms with van der Waals surface area (Å²) in [6.45, 7) is 0.759. The summed E-state index contributed by atoms with van der Waals surface area (Å²) in [6.07, 6.45) is 4.66. The number of rotatable bonds is 5. The Morgan fingerprint density at radius 3 is 2.92 bits per heavy atom. The Morgan fingerprint density at radius 1 is 1.25 bits per heavy atom. The van der Waals surface area contributed by atoms with Crippen molar-refractivity contribution in [1.82, 2.24) is 10.1 Å². The molecule has 2 aliphatic carbocycles. The van der Waals surface area contributed by atoms with Crippen molar-refractivity contribution in [3.63, 3.8) is 0 Å². The van der Waals surface area contributed by atoms with Crippen molar-refractivity contribution in [2.24, 2.45) is 5.92 Å². The molecule has 24 heavy (non-hydrogen) atoms. The van der Waals surface area contributed by atoms with E-state index < -0.39 is 0 Å². The lowest BCUT2D eigenvalue weighted by atomic mass is 9.75. The van der Waals surface area contributed by atoms with E-state index in [4.69, 9.17) is 9.26 Å². The van der Waals surface area contributed by atoms with Gasteiger partial charge in [0.25, 0.3) is 5.95 Å². The third-order valence-electron chi connectivity index (χ3n) is 5.35. The lowest BCUT2D eigenvalue weighted by molar-refractivity contribution is 0.0338. The molecule has 0 spiro atoms. The molecule has 1 atom stereocenters. The number of nitrogens with zero attached hydrogens (tertiary/aromatic N) is 2. The average molecular weight is 327 g/mol. The lowest BCUT2D eigenvalue weighted by Crippen LogP contribution is -2.36. The molecule has 6 nitrogen and oxygen atoms in total. The molecule has 3 aliphatic rings. The van der Waals surface area contributed by atoms with Crippen LogP contribution in [-0.4, -0.2) is 28.0 Å². The number of nitrogens with one attached hydrogen (secondary N) is 1. The summed E-state index contributed by atoms with van der Waals surface area (Å²) in [4.78, 5) is 4.49. The van der Waals surface area contributed by atoms with E-state index in [0.717, 1.165) is 50.4 Å². The number of hydrogen-bond acceptors (Lipinski definition) is 6. The van der Waals surface area contributed by atoms with Gasteiger partial charge in [0.15, 0.2) is 0 Å². The molecule has 0 bridgehead atoms. The monoisotopic (exact) mass is 327 g/mol. The summed E-state index contributed by atoms with van der Waals surface area (Å²) in [5, 5.41) is 17.3. The first-order valence-corrected chi connectivity index (χ1v) is 8.80. The van der Waals surface area contributed by atoms with Crippen LogP contribution < -0.4 is 10.1 Å². The van der Waals surface area contributed by atoms with Gasteiger partial charge < -0.3 is 19.7 Å². The highest BCUT2D eigenvalue weighted by Gasteiger charge is 2.36. The number of ether oxygens (including phenoxy) is 1. The van der Waals surface area contributed by atoms with Crippen molar-refractivity contribution < 1.29 is 14.4 Å². The molecule has 1 aromatic carbocycles. The molecule has 0 amide bonds. The van der Waals surface area contributed by atoms with Crippen molar-refractivity contribution in [1.29, 1.82) is 0 Å². The van der Waals surface area contributed by atoms with Crippen LogP contribution in [0, 0.1) is 5.92 Å². The lowest BCUT2D eigenvalue weighted by Gasteiger charge is -2.38. The maximum atomic E-state index is 9.72. The van der Waals surface area contributed by atoms with Crippen LogP contribution in [0.5, 0.6) is 5.75 Å². The van der Waals surface area contributed by atoms with Gasteiger partial charge in [-0.25, -0.2) is 0 Å². The third kappa shape index (κ3) is 2.55. The number of hydrogen-bond donors (Lipinski definition) is 2. The molecule has 2 fully saturated rings. The molecule has 2 aromatic rings. The first-order valence-electron chi connectivity index (χ1n) is 8.80. The number of anilines is 1. The highest BCUT2D eigenvalue weighted by molar-refractivity contribution is 5.43. The van der Waals surface area contributed by atoms with Gasteiger partial charge in [-0.05, 0) is 60.0 Å². The number of aromatic nitrogens is 2. The van der Waals surface area contributed by atoms with E-state index in [1.165, 1.54) is 11.1 Å². The van der Waals surface area contributed by atoms with Crippen LogP contribution in [0.2, 0.25) is 0 Å². The first-order chi connectivity index (χ1) is 11.8. The van der Waals surface area contributed by atoms with Crippen molar-refractivity contribution in [3.8, 4) is 5.75 Å². The molecule has 0 radical (unpaired) electrons. The molecular weight excluding hydrogens is 306 g/mol. The highest BCUT2D eigenvalue weighted by atomic mass is 16.5. The number of aliphatic hydroxyl groups is 1. The SMILES string of the molecule is OC1CC(C(Nc2noc(C3CC3)n2)c2ccc3c(c2)CCO3)C1. The summed E-state index contributed by atoms with van der Waals surface area (Å²) in [7, 11) is 0. The smallest absolute Gasteiger partial charge is 0.263 e. The fraction of sp³-hybridized carbons (Fsp3) is 0.556. The Kier molecular flexibility index (Phi) is 3.26. The Balaban J connectivity index is 1.41. The zero-order valence-electron chi connectivity index (χ0n) is 13.4. The van der Waals surface area contributed by atoms with Gasteiger partial charge in [0.1, 0.15) is 5.75 Å². The van der Waals surface area contributed by atoms with Crippen molar-refractivity contribution in [3.05, 3.63) is 35.2 Å². The molecular formula is C18H21N3O3. The Bertz CT molecular complexity index is 750. The number of benzene rings is 1. The van der Waals surface area contributed by atoms with Gasteiger partial charge in [0, 0.05) is 12.3 Å². The van der Waals surface area contributed by atoms with Gasteiger partial charge in [-0.15, -0.1) is 0 Å². The van der Waals surface area contributed by atoms with Crippen LogP contribution in [0.15, 0.2) is 22.7 Å². The van der Waals surface area contributed by atoms with E-state index in [2.05, 4.69) is 27.6 Å². The van der Waals surface area contributed by atoms with Crippen LogP contribution in [0.4, 0.5) is 5.95 Å². The standard InChI is InChI=1S/C18H21N3O3/c22-14-8-13(9-14)16(12-3-4-15-11(7-12)5-6-23-15)19-18-20-17(24-21-18)10-1-2-10/h3-4,7,10,13-14,16,22H,1-2,5-6,8-9H2,(H,19,21). The van der Waals surface area contributed by atoms with E-state index in [1.807, 2.05) is 6.07 Å². The van der Waals surface area contributed by atoms with Gasteiger partial charge >= 0.3 is 0 Å². The van der Waals surface area contributed by atoms with Crippen molar-refractivity contribution in [2.75, 3.05) is 11.9 Å². The second-order valence-electron chi connectivity index (χ2n) is 7.20. The molecule has 5 rings (SSSR count). The van der Waals surface area contributed by atoms with Crippen LogP contribution in [-0.2, 0) is 6.42 Å². The summed E-state index contributed by atoms with van der Waals surface area (Å²) >= 11 is 0. The van der Waals surface area contributed by atoms with Gasteiger partial charge in [0.05, 0.1) is 18.8 Å². The Hall–Kier alpha value is -2.08. The number of aliphatic hydroxyl groups excluding tert-OH is 1. The second kappa shape index (κ2) is 5.48. The zero-order chi connectivity index (χ0) is 16.1. The normalized spacial score (nSPS) is 26.4. The minimum atomic E-state index is -0.190. The van der Waals surface area contributed by atoms with Crippen LogP contribution in [0.25, 0.3) is 0 Å². The van der Waals surface area contributed by atoms with Gasteiger partial charge in [-0.3, -0.25) is 0 Å². The molecule has 1 aromatic heterocycles. The average Bonchev–Trinajstić information content (AvgIpc) is 3.12. The first kappa shape index (κ1) is 14.3. The predicted molar refractivity (Wildman–Crippen MR) is 87.0 cm³/mol. The summed E-state index contributed by atoms with van der Waals surface area (Å²) in [5.41, 5.74) is 2.46. The largest absolute Gasteiger partial charge is 0.493 e. The quantitative estimate of drug-likeness (QED) is 0.879. The molecule has 1 aliphatic heterocycles. The summed E-state index contributed by atoms with van der Waals surface area (Å²) < 4.78 is 11.0. The topological polar surface area (TPSA) is 80.4 Å². The minimum Gasteiger partial charge on any atom is -0.493 e. The van der Waals surface area contributed by atoms with E-state index in [0.29, 0.717) is 17.8 Å². The number of fused-ring (bicyclic) bond motifs is 1. The van der Waals surface area contributed by atoms with Gasteiger partial charge in [0.2, 0.25) is 5.89 Å². The van der Waals surface area contributed by atoms with Crippen LogP contribution in [0.3, 0.4) is 0 Å². The second-order valence-corrected chi connectivity index (χ2v) is 7.20. The summed E-state index contributed by atoms with van der Waals surface area (Å²) in [5.74, 6) is 3.12. The maximum absolute atomic E-state index is 9.72. The van der Waals surface area contributed by atoms with Crippen LogP contribution >= 0.6 is 0 Å². The maximum Gasteiger partial charge on any atom is 0.263 e. The van der Waals surface area contributed by atoms with Crippen LogP contribution in [0.1, 0.15) is 54.7 Å². The third-order valence-corrected chi connectivity index (χ3v) is 5.35. The molecule has 2 N–H and O–H groups in total. The van der Waals surface area contributed by atoms with E-state index in [-0.39, 0.29) is 12.1 Å².